The van der Waals surface area contributed by atoms with Crippen LogP contribution in [0.1, 0.15) is 30.5 Å². The smallest absolute Gasteiger partial charge is 0.251 e. The van der Waals surface area contributed by atoms with E-state index in [2.05, 4.69) is 21.3 Å². The average Bonchev–Trinajstić information content (AvgIpc) is 2.87. The number of pyridine rings is 3. The maximum Gasteiger partial charge on any atom is 0.251 e. The number of nitrogens with zero attached hydrogens (tertiary/aromatic N) is 4. The summed E-state index contributed by atoms with van der Waals surface area (Å²) in [6.45, 7) is 4.77. The number of hydrogen-bond acceptors (Lipinski definition) is 7. The van der Waals surface area contributed by atoms with Gasteiger partial charge in [-0.05, 0) is 50.4 Å². The van der Waals surface area contributed by atoms with E-state index in [1.165, 1.54) is 24.9 Å². The first kappa shape index (κ1) is 22.6. The van der Waals surface area contributed by atoms with Gasteiger partial charge < -0.3 is 29.5 Å². The first-order valence-electron chi connectivity index (χ1n) is 12.0. The maximum absolute atomic E-state index is 12.5. The van der Waals surface area contributed by atoms with Crippen LogP contribution in [-0.2, 0) is 19.5 Å². The van der Waals surface area contributed by atoms with E-state index in [-0.39, 0.29) is 5.56 Å². The third-order valence-electron chi connectivity index (χ3n) is 6.85. The molecule has 0 aliphatic carbocycles. The summed E-state index contributed by atoms with van der Waals surface area (Å²) in [5.41, 5.74) is 3.27. The summed E-state index contributed by atoms with van der Waals surface area (Å²) >= 11 is 0. The second-order valence-corrected chi connectivity index (χ2v) is 9.03. The molecule has 0 amide bonds. The molecule has 2 aliphatic rings. The van der Waals surface area contributed by atoms with E-state index >= 15 is 0 Å². The molecule has 9 heteroatoms. The van der Waals surface area contributed by atoms with E-state index in [0.29, 0.717) is 29.4 Å². The summed E-state index contributed by atoms with van der Waals surface area (Å²) in [6, 6.07) is 7.40. The first-order chi connectivity index (χ1) is 16.6. The highest BCUT2D eigenvalue weighted by Gasteiger charge is 2.20. The van der Waals surface area contributed by atoms with E-state index in [0.717, 1.165) is 74.6 Å². The lowest BCUT2D eigenvalue weighted by molar-refractivity contribution is -0.577. The number of hydrogen-bond donors (Lipinski definition) is 1. The van der Waals surface area contributed by atoms with Gasteiger partial charge in [0.15, 0.2) is 5.75 Å². The van der Waals surface area contributed by atoms with Crippen molar-refractivity contribution in [3.05, 3.63) is 63.5 Å². The van der Waals surface area contributed by atoms with E-state index in [1.807, 2.05) is 6.20 Å². The third-order valence-corrected chi connectivity index (χ3v) is 6.85. The van der Waals surface area contributed by atoms with Crippen molar-refractivity contribution in [3.8, 4) is 11.5 Å². The van der Waals surface area contributed by atoms with Gasteiger partial charge in [-0.1, -0.05) is 0 Å². The van der Waals surface area contributed by atoms with Crippen molar-refractivity contribution in [2.45, 2.75) is 44.8 Å². The Hall–Kier alpha value is -3.17. The van der Waals surface area contributed by atoms with E-state index in [9.17, 15) is 10.0 Å². The van der Waals surface area contributed by atoms with Gasteiger partial charge in [-0.3, -0.25) is 9.78 Å². The molecule has 3 aromatic rings. The summed E-state index contributed by atoms with van der Waals surface area (Å²) in [5, 5.41) is 15.9. The number of likely N-dealkylation sites (tertiary alicyclic amines) is 1. The van der Waals surface area contributed by atoms with Gasteiger partial charge in [-0.15, -0.1) is 0 Å². The molecule has 34 heavy (non-hydrogen) atoms. The topological polar surface area (TPSA) is 95.6 Å². The van der Waals surface area contributed by atoms with Crippen molar-refractivity contribution in [1.82, 2.24) is 19.8 Å². The van der Waals surface area contributed by atoms with Crippen LogP contribution >= 0.6 is 0 Å². The van der Waals surface area contributed by atoms with Crippen molar-refractivity contribution in [1.29, 1.82) is 0 Å². The summed E-state index contributed by atoms with van der Waals surface area (Å²) < 4.78 is 13.3. The molecule has 0 radical (unpaired) electrons. The lowest BCUT2D eigenvalue weighted by atomic mass is 10.0. The van der Waals surface area contributed by atoms with Gasteiger partial charge >= 0.3 is 0 Å². The molecule has 9 nitrogen and oxygen atoms in total. The zero-order valence-electron chi connectivity index (χ0n) is 19.5. The standard InChI is InChI=1S/C25H31N5O4/c1-33-21-14-23-22(30(32)17-21)4-5-25(31)29(23)11-10-28-8-6-19(7-9-28)26-15-20-13-18-3-2-12-34-24(18)16-27-20/h4-5,13-14,16-17,19,26H,2-3,6-12,15H2,1H3. The Morgan fingerprint density at radius 2 is 2.12 bits per heavy atom. The molecule has 0 bridgehead atoms. The number of methoxy groups -OCH3 is 1. The van der Waals surface area contributed by atoms with Crippen LogP contribution in [-0.4, -0.2) is 53.8 Å². The summed E-state index contributed by atoms with van der Waals surface area (Å²) in [7, 11) is 1.51. The van der Waals surface area contributed by atoms with Crippen molar-refractivity contribution in [3.63, 3.8) is 0 Å². The quantitative estimate of drug-likeness (QED) is 0.418. The minimum Gasteiger partial charge on any atom is -0.618 e. The highest BCUT2D eigenvalue weighted by atomic mass is 16.5. The number of fused-ring (bicyclic) bond motifs is 2. The van der Waals surface area contributed by atoms with E-state index in [4.69, 9.17) is 9.47 Å². The molecule has 1 fully saturated rings. The lowest BCUT2D eigenvalue weighted by Gasteiger charge is -2.32. The number of aryl methyl sites for hydroxylation is 1. The molecule has 1 N–H and O–H groups in total. The van der Waals surface area contributed by atoms with Gasteiger partial charge in [0.05, 0.1) is 25.6 Å². The van der Waals surface area contributed by atoms with Crippen LogP contribution in [0.4, 0.5) is 0 Å². The summed E-state index contributed by atoms with van der Waals surface area (Å²) in [4.78, 5) is 19.5. The Balaban J connectivity index is 1.15. The number of rotatable bonds is 7. The largest absolute Gasteiger partial charge is 0.618 e. The minimum atomic E-state index is -0.111. The van der Waals surface area contributed by atoms with E-state index in [1.54, 1.807) is 16.7 Å². The average molecular weight is 466 g/mol. The molecule has 5 heterocycles. The molecule has 5 rings (SSSR count). The lowest BCUT2D eigenvalue weighted by Crippen LogP contribution is -2.43. The molecule has 0 atom stereocenters. The number of aromatic nitrogens is 3. The van der Waals surface area contributed by atoms with Crippen molar-refractivity contribution in [2.24, 2.45) is 0 Å². The van der Waals surface area contributed by atoms with Gasteiger partial charge in [-0.2, -0.15) is 4.73 Å². The van der Waals surface area contributed by atoms with Crippen LogP contribution in [0.3, 0.4) is 0 Å². The number of nitrogens with one attached hydrogen (secondary N) is 1. The van der Waals surface area contributed by atoms with Crippen LogP contribution in [0, 0.1) is 5.21 Å². The van der Waals surface area contributed by atoms with Crippen LogP contribution in [0.15, 0.2) is 41.5 Å². The second kappa shape index (κ2) is 9.99. The summed E-state index contributed by atoms with van der Waals surface area (Å²) in [5.74, 6) is 1.37. The molecule has 1 saturated heterocycles. The molecule has 0 unspecified atom stereocenters. The Morgan fingerprint density at radius 3 is 2.94 bits per heavy atom. The molecule has 0 aromatic carbocycles. The van der Waals surface area contributed by atoms with Gasteiger partial charge in [0, 0.05) is 43.9 Å². The van der Waals surface area contributed by atoms with Gasteiger partial charge in [0.1, 0.15) is 11.3 Å². The zero-order valence-corrected chi connectivity index (χ0v) is 19.5. The zero-order chi connectivity index (χ0) is 23.5. The Labute approximate surface area is 198 Å². The molecule has 0 spiro atoms. The second-order valence-electron chi connectivity index (χ2n) is 9.03. The molecular weight excluding hydrogens is 434 g/mol. The Bertz CT molecular complexity index is 1220. The van der Waals surface area contributed by atoms with Crippen LogP contribution in [0.2, 0.25) is 0 Å². The number of piperidine rings is 1. The summed E-state index contributed by atoms with van der Waals surface area (Å²) in [6.07, 6.45) is 7.46. The predicted octanol–water partition coefficient (Wildman–Crippen LogP) is 1.62. The fraction of sp³-hybridized carbons (Fsp3) is 0.480. The minimum absolute atomic E-state index is 0.111. The molecule has 3 aromatic heterocycles. The highest BCUT2D eigenvalue weighted by Crippen LogP contribution is 2.24. The van der Waals surface area contributed by atoms with Gasteiger partial charge in [0.2, 0.25) is 11.7 Å². The molecule has 0 saturated carbocycles. The number of ether oxygens (including phenoxy) is 2. The van der Waals surface area contributed by atoms with Crippen molar-refractivity contribution >= 4 is 11.0 Å². The van der Waals surface area contributed by atoms with Crippen LogP contribution < -0.4 is 25.1 Å². The monoisotopic (exact) mass is 465 g/mol. The van der Waals surface area contributed by atoms with Crippen LogP contribution in [0.25, 0.3) is 11.0 Å². The molecular formula is C25H31N5O4. The van der Waals surface area contributed by atoms with Crippen molar-refractivity contribution < 1.29 is 14.2 Å². The van der Waals surface area contributed by atoms with Crippen molar-refractivity contribution in [2.75, 3.05) is 33.4 Å². The SMILES string of the molecule is COc1cc2c(ccc(=O)n2CCN2CCC(NCc3cc4c(cn3)OCCC4)CC2)[n+]([O-])c1. The van der Waals surface area contributed by atoms with Gasteiger partial charge in [0.25, 0.3) is 5.56 Å². The van der Waals surface area contributed by atoms with Gasteiger partial charge in [-0.25, -0.2) is 0 Å². The van der Waals surface area contributed by atoms with E-state index < -0.39 is 0 Å². The Kier molecular flexibility index (Phi) is 6.64. The Morgan fingerprint density at radius 1 is 1.26 bits per heavy atom. The maximum atomic E-state index is 12.5. The predicted molar refractivity (Wildman–Crippen MR) is 128 cm³/mol. The molecule has 2 aliphatic heterocycles. The third kappa shape index (κ3) is 4.85. The normalized spacial score (nSPS) is 16.9. The highest BCUT2D eigenvalue weighted by molar-refractivity contribution is 5.72. The molecule has 180 valence electrons. The first-order valence-corrected chi connectivity index (χ1v) is 12.0. The fourth-order valence-corrected chi connectivity index (χ4v) is 4.87. The fourth-order valence-electron chi connectivity index (χ4n) is 4.87. The van der Waals surface area contributed by atoms with Crippen LogP contribution in [0.5, 0.6) is 11.5 Å².